The van der Waals surface area contributed by atoms with Crippen molar-refractivity contribution in [3.63, 3.8) is 0 Å². The van der Waals surface area contributed by atoms with Gasteiger partial charge in [-0.3, -0.25) is 0 Å². The number of rotatable bonds is 7. The van der Waals surface area contributed by atoms with E-state index in [1.165, 1.54) is 71.1 Å². The van der Waals surface area contributed by atoms with Gasteiger partial charge in [-0.05, 0) is 72.6 Å². The molecule has 0 aromatic carbocycles. The third-order valence-corrected chi connectivity index (χ3v) is 3.51. The van der Waals surface area contributed by atoms with Gasteiger partial charge in [0, 0.05) is 5.54 Å². The van der Waals surface area contributed by atoms with Crippen LogP contribution < -0.4 is 5.32 Å². The Labute approximate surface area is 108 Å². The maximum Gasteiger partial charge on any atom is 0.00965 e. The Balaban J connectivity index is 1.84. The van der Waals surface area contributed by atoms with Crippen LogP contribution in [0.15, 0.2) is 0 Å². The lowest BCUT2D eigenvalue weighted by molar-refractivity contribution is 0.224. The summed E-state index contributed by atoms with van der Waals surface area (Å²) in [6, 6.07) is 0. The molecule has 0 spiro atoms. The van der Waals surface area contributed by atoms with Crippen molar-refractivity contribution >= 4 is 0 Å². The number of piperidine rings is 1. The highest BCUT2D eigenvalue weighted by Crippen LogP contribution is 2.10. The average molecular weight is 240 g/mol. The summed E-state index contributed by atoms with van der Waals surface area (Å²) >= 11 is 0. The van der Waals surface area contributed by atoms with Crippen LogP contribution in [0.5, 0.6) is 0 Å². The SMILES string of the molecule is CC(C)(C)NCCCCCCN1CCCCC1. The summed E-state index contributed by atoms with van der Waals surface area (Å²) < 4.78 is 0. The number of nitrogens with one attached hydrogen (secondary N) is 1. The predicted molar refractivity (Wildman–Crippen MR) is 76.5 cm³/mol. The molecule has 1 fully saturated rings. The van der Waals surface area contributed by atoms with Crippen molar-refractivity contribution in [2.45, 2.75) is 71.3 Å². The molecular formula is C15H32N2. The van der Waals surface area contributed by atoms with Crippen LogP contribution in [0.2, 0.25) is 0 Å². The van der Waals surface area contributed by atoms with E-state index in [-0.39, 0.29) is 5.54 Å². The number of hydrogen-bond acceptors (Lipinski definition) is 2. The van der Waals surface area contributed by atoms with Gasteiger partial charge in [0.2, 0.25) is 0 Å². The third kappa shape index (κ3) is 8.62. The normalized spacial score (nSPS) is 18.5. The first-order chi connectivity index (χ1) is 8.08. The summed E-state index contributed by atoms with van der Waals surface area (Å²) in [4.78, 5) is 2.65. The smallest absolute Gasteiger partial charge is 0.00965 e. The van der Waals surface area contributed by atoms with Gasteiger partial charge in [0.15, 0.2) is 0 Å². The molecule has 17 heavy (non-hydrogen) atoms. The van der Waals surface area contributed by atoms with E-state index in [4.69, 9.17) is 0 Å². The molecule has 2 nitrogen and oxygen atoms in total. The van der Waals surface area contributed by atoms with Gasteiger partial charge in [0.25, 0.3) is 0 Å². The first-order valence-electron chi connectivity index (χ1n) is 7.55. The lowest BCUT2D eigenvalue weighted by Gasteiger charge is -2.26. The summed E-state index contributed by atoms with van der Waals surface area (Å²) in [6.45, 7) is 11.9. The van der Waals surface area contributed by atoms with Gasteiger partial charge in [-0.2, -0.15) is 0 Å². The molecule has 2 heteroatoms. The van der Waals surface area contributed by atoms with Gasteiger partial charge in [0.1, 0.15) is 0 Å². The number of nitrogens with zero attached hydrogens (tertiary/aromatic N) is 1. The van der Waals surface area contributed by atoms with Crippen LogP contribution in [-0.4, -0.2) is 36.6 Å². The lowest BCUT2D eigenvalue weighted by atomic mass is 10.1. The molecule has 1 heterocycles. The van der Waals surface area contributed by atoms with Crippen LogP contribution >= 0.6 is 0 Å². The first kappa shape index (κ1) is 15.0. The monoisotopic (exact) mass is 240 g/mol. The maximum absolute atomic E-state index is 3.55. The highest BCUT2D eigenvalue weighted by Gasteiger charge is 2.09. The number of likely N-dealkylation sites (tertiary alicyclic amines) is 1. The van der Waals surface area contributed by atoms with Gasteiger partial charge < -0.3 is 10.2 Å². The third-order valence-electron chi connectivity index (χ3n) is 3.51. The molecule has 1 saturated heterocycles. The fourth-order valence-corrected chi connectivity index (χ4v) is 2.46. The van der Waals surface area contributed by atoms with Gasteiger partial charge in [-0.25, -0.2) is 0 Å². The summed E-state index contributed by atoms with van der Waals surface area (Å²) in [6.07, 6.45) is 9.83. The second-order valence-electron chi connectivity index (χ2n) is 6.49. The van der Waals surface area contributed by atoms with E-state index in [0.717, 1.165) is 0 Å². The minimum absolute atomic E-state index is 0.286. The van der Waals surface area contributed by atoms with Crippen molar-refractivity contribution in [1.29, 1.82) is 0 Å². The molecule has 0 aromatic heterocycles. The molecule has 1 aliphatic heterocycles. The van der Waals surface area contributed by atoms with Gasteiger partial charge >= 0.3 is 0 Å². The Morgan fingerprint density at radius 1 is 0.882 bits per heavy atom. The molecule has 0 radical (unpaired) electrons. The number of hydrogen-bond donors (Lipinski definition) is 1. The first-order valence-corrected chi connectivity index (χ1v) is 7.55. The van der Waals surface area contributed by atoms with E-state index in [9.17, 15) is 0 Å². The van der Waals surface area contributed by atoms with E-state index in [2.05, 4.69) is 31.0 Å². The minimum Gasteiger partial charge on any atom is -0.312 e. The predicted octanol–water partition coefficient (Wildman–Crippen LogP) is 3.42. The van der Waals surface area contributed by atoms with E-state index in [1.54, 1.807) is 0 Å². The van der Waals surface area contributed by atoms with Crippen LogP contribution in [-0.2, 0) is 0 Å². The number of unbranched alkanes of at least 4 members (excludes halogenated alkanes) is 3. The molecule has 102 valence electrons. The molecule has 0 bridgehead atoms. The van der Waals surface area contributed by atoms with Crippen molar-refractivity contribution in [3.05, 3.63) is 0 Å². The van der Waals surface area contributed by atoms with E-state index in [1.807, 2.05) is 0 Å². The summed E-state index contributed by atoms with van der Waals surface area (Å²) in [5.41, 5.74) is 0.286. The van der Waals surface area contributed by atoms with Gasteiger partial charge in [-0.1, -0.05) is 19.3 Å². The van der Waals surface area contributed by atoms with Gasteiger partial charge in [-0.15, -0.1) is 0 Å². The summed E-state index contributed by atoms with van der Waals surface area (Å²) in [5, 5.41) is 3.55. The Morgan fingerprint density at radius 3 is 2.18 bits per heavy atom. The standard InChI is InChI=1S/C15H32N2/c1-15(2,3)16-11-7-4-5-8-12-17-13-9-6-10-14-17/h16H,4-14H2,1-3H3. The van der Waals surface area contributed by atoms with Crippen molar-refractivity contribution in [3.8, 4) is 0 Å². The molecule has 1 aliphatic rings. The van der Waals surface area contributed by atoms with Crippen LogP contribution in [0.3, 0.4) is 0 Å². The van der Waals surface area contributed by atoms with Gasteiger partial charge in [0.05, 0.1) is 0 Å². The van der Waals surface area contributed by atoms with Crippen molar-refractivity contribution < 1.29 is 0 Å². The Kier molecular flexibility index (Phi) is 7.14. The zero-order valence-corrected chi connectivity index (χ0v) is 12.2. The maximum atomic E-state index is 3.55. The van der Waals surface area contributed by atoms with E-state index >= 15 is 0 Å². The summed E-state index contributed by atoms with van der Waals surface area (Å²) in [7, 11) is 0. The molecule has 0 atom stereocenters. The molecule has 1 N–H and O–H groups in total. The molecule has 0 aromatic rings. The molecule has 0 saturated carbocycles. The second kappa shape index (κ2) is 8.10. The van der Waals surface area contributed by atoms with Crippen molar-refractivity contribution in [2.24, 2.45) is 0 Å². The van der Waals surface area contributed by atoms with Crippen LogP contribution in [0, 0.1) is 0 Å². The second-order valence-corrected chi connectivity index (χ2v) is 6.49. The summed E-state index contributed by atoms with van der Waals surface area (Å²) in [5.74, 6) is 0. The average Bonchev–Trinajstić information content (AvgIpc) is 2.28. The molecule has 1 rings (SSSR count). The minimum atomic E-state index is 0.286. The van der Waals surface area contributed by atoms with Crippen LogP contribution in [0.25, 0.3) is 0 Å². The zero-order chi connectivity index (χ0) is 12.6. The Bertz CT molecular complexity index is 178. The van der Waals surface area contributed by atoms with Crippen molar-refractivity contribution in [2.75, 3.05) is 26.2 Å². The van der Waals surface area contributed by atoms with E-state index < -0.39 is 0 Å². The molecular weight excluding hydrogens is 208 g/mol. The fraction of sp³-hybridized carbons (Fsp3) is 1.00. The zero-order valence-electron chi connectivity index (χ0n) is 12.2. The molecule has 0 aliphatic carbocycles. The highest BCUT2D eigenvalue weighted by molar-refractivity contribution is 4.69. The highest BCUT2D eigenvalue weighted by atomic mass is 15.1. The van der Waals surface area contributed by atoms with Crippen molar-refractivity contribution in [1.82, 2.24) is 10.2 Å². The van der Waals surface area contributed by atoms with Crippen LogP contribution in [0.4, 0.5) is 0 Å². The Hall–Kier alpha value is -0.0800. The lowest BCUT2D eigenvalue weighted by Crippen LogP contribution is -2.36. The quantitative estimate of drug-likeness (QED) is 0.686. The fourth-order valence-electron chi connectivity index (χ4n) is 2.46. The van der Waals surface area contributed by atoms with E-state index in [0.29, 0.717) is 0 Å². The molecule has 0 amide bonds. The topological polar surface area (TPSA) is 15.3 Å². The molecule has 0 unspecified atom stereocenters. The largest absolute Gasteiger partial charge is 0.312 e. The van der Waals surface area contributed by atoms with Crippen LogP contribution in [0.1, 0.15) is 65.7 Å². The Morgan fingerprint density at radius 2 is 1.53 bits per heavy atom.